The molecule has 0 radical (unpaired) electrons. The maximum absolute atomic E-state index is 12.6. The topological polar surface area (TPSA) is 98.5 Å². The van der Waals surface area contributed by atoms with Crippen molar-refractivity contribution in [3.8, 4) is 17.2 Å². The molecular weight excluding hydrogens is 434 g/mol. The molecule has 2 aromatic carbocycles. The van der Waals surface area contributed by atoms with Gasteiger partial charge in [-0.1, -0.05) is 29.0 Å². The third kappa shape index (κ3) is 4.34. The van der Waals surface area contributed by atoms with E-state index >= 15 is 0 Å². The average Bonchev–Trinajstić information content (AvgIpc) is 3.33. The average molecular weight is 460 g/mol. The van der Waals surface area contributed by atoms with Gasteiger partial charge < -0.3 is 19.3 Å². The van der Waals surface area contributed by atoms with Crippen LogP contribution in [0.4, 0.5) is 5.82 Å². The molecule has 1 fully saturated rings. The van der Waals surface area contributed by atoms with Crippen LogP contribution in [0.1, 0.15) is 5.56 Å². The van der Waals surface area contributed by atoms with E-state index in [1.165, 1.54) is 6.33 Å². The molecule has 1 aliphatic heterocycles. The second-order valence-electron chi connectivity index (χ2n) is 8.04. The van der Waals surface area contributed by atoms with Crippen molar-refractivity contribution >= 4 is 22.9 Å². The molecule has 10 nitrogen and oxygen atoms in total. The number of hydrogen-bond donors (Lipinski definition) is 0. The van der Waals surface area contributed by atoms with E-state index in [-0.39, 0.29) is 12.5 Å². The quantitative estimate of drug-likeness (QED) is 0.433. The van der Waals surface area contributed by atoms with Gasteiger partial charge in [0.2, 0.25) is 0 Å². The predicted octanol–water partition coefficient (Wildman–Crippen LogP) is 2.26. The largest absolute Gasteiger partial charge is 0.497 e. The van der Waals surface area contributed by atoms with Gasteiger partial charge in [-0.15, -0.1) is 5.10 Å². The van der Waals surface area contributed by atoms with Gasteiger partial charge in [0, 0.05) is 32.2 Å². The summed E-state index contributed by atoms with van der Waals surface area (Å²) < 4.78 is 12.6. The Bertz CT molecular complexity index is 1300. The number of fused-ring (bicyclic) bond motifs is 1. The Labute approximate surface area is 196 Å². The zero-order valence-electron chi connectivity index (χ0n) is 19.1. The maximum Gasteiger partial charge on any atom is 0.260 e. The van der Waals surface area contributed by atoms with Crippen molar-refractivity contribution in [2.24, 2.45) is 0 Å². The van der Waals surface area contributed by atoms with E-state index < -0.39 is 0 Å². The summed E-state index contributed by atoms with van der Waals surface area (Å²) in [4.78, 5) is 25.4. The summed E-state index contributed by atoms with van der Waals surface area (Å²) in [6, 6.07) is 15.2. The number of ether oxygens (including phenoxy) is 2. The van der Waals surface area contributed by atoms with Gasteiger partial charge in [-0.25, -0.2) is 9.97 Å². The molecule has 1 saturated heterocycles. The number of piperazine rings is 1. The molecule has 5 rings (SSSR count). The molecule has 10 heteroatoms. The first-order valence-electron chi connectivity index (χ1n) is 11.1. The third-order valence-corrected chi connectivity index (χ3v) is 5.83. The molecule has 2 aromatic heterocycles. The highest BCUT2D eigenvalue weighted by atomic mass is 16.5. The highest BCUT2D eigenvalue weighted by Crippen LogP contribution is 2.25. The monoisotopic (exact) mass is 459 g/mol. The summed E-state index contributed by atoms with van der Waals surface area (Å²) in [5.74, 6) is 2.10. The van der Waals surface area contributed by atoms with Crippen molar-refractivity contribution in [3.63, 3.8) is 0 Å². The van der Waals surface area contributed by atoms with Crippen molar-refractivity contribution in [2.45, 2.75) is 6.92 Å². The van der Waals surface area contributed by atoms with Crippen LogP contribution in [0.15, 0.2) is 54.9 Å². The molecule has 34 heavy (non-hydrogen) atoms. The summed E-state index contributed by atoms with van der Waals surface area (Å²) in [6.45, 7) is 4.45. The number of aromatic nitrogens is 5. The Kier molecular flexibility index (Phi) is 5.94. The Morgan fingerprint density at radius 2 is 1.79 bits per heavy atom. The lowest BCUT2D eigenvalue weighted by Crippen LogP contribution is -2.50. The van der Waals surface area contributed by atoms with Crippen LogP contribution in [0.3, 0.4) is 0 Å². The summed E-state index contributed by atoms with van der Waals surface area (Å²) in [5.41, 5.74) is 3.18. The molecule has 1 amide bonds. The smallest absolute Gasteiger partial charge is 0.260 e. The van der Waals surface area contributed by atoms with Gasteiger partial charge in [-0.3, -0.25) is 4.79 Å². The Hall–Kier alpha value is -4.21. The summed E-state index contributed by atoms with van der Waals surface area (Å²) in [6.07, 6.45) is 1.52. The number of amides is 1. The van der Waals surface area contributed by atoms with E-state index in [2.05, 4.69) is 25.2 Å². The number of rotatable bonds is 6. The van der Waals surface area contributed by atoms with E-state index in [1.54, 1.807) is 11.8 Å². The molecule has 0 atom stereocenters. The number of carbonyl (C=O) groups excluding carboxylic acids is 1. The van der Waals surface area contributed by atoms with E-state index in [1.807, 2.05) is 60.4 Å². The maximum atomic E-state index is 12.6. The van der Waals surface area contributed by atoms with Gasteiger partial charge in [0.1, 0.15) is 17.8 Å². The van der Waals surface area contributed by atoms with E-state index in [0.29, 0.717) is 48.9 Å². The molecular formula is C24H25N7O3. The number of aryl methyl sites for hydroxylation is 1. The van der Waals surface area contributed by atoms with Gasteiger partial charge in [-0.05, 0) is 31.2 Å². The lowest BCUT2D eigenvalue weighted by molar-refractivity contribution is -0.133. The van der Waals surface area contributed by atoms with E-state index in [0.717, 1.165) is 17.0 Å². The van der Waals surface area contributed by atoms with Gasteiger partial charge in [0.25, 0.3) is 5.91 Å². The zero-order valence-corrected chi connectivity index (χ0v) is 19.1. The van der Waals surface area contributed by atoms with Crippen LogP contribution in [-0.4, -0.2) is 75.7 Å². The minimum atomic E-state index is -0.0305. The van der Waals surface area contributed by atoms with Gasteiger partial charge in [0.15, 0.2) is 23.6 Å². The molecule has 0 spiro atoms. The Balaban J connectivity index is 1.26. The Morgan fingerprint density at radius 3 is 2.56 bits per heavy atom. The summed E-state index contributed by atoms with van der Waals surface area (Å²) in [7, 11) is 1.62. The fourth-order valence-corrected chi connectivity index (χ4v) is 3.92. The standard InChI is InChI=1S/C24H25N7O3/c1-17-6-8-19(9-7-17)34-15-21(32)29-10-12-30(13-11-29)23-22-24(26-16-25-23)31(28-27-22)18-4-3-5-20(14-18)33-2/h3-9,14,16H,10-13,15H2,1-2H3. The third-order valence-electron chi connectivity index (χ3n) is 5.83. The Morgan fingerprint density at radius 1 is 1.00 bits per heavy atom. The van der Waals surface area contributed by atoms with Crippen molar-refractivity contribution in [2.75, 3.05) is 44.8 Å². The summed E-state index contributed by atoms with van der Waals surface area (Å²) >= 11 is 0. The van der Waals surface area contributed by atoms with Crippen molar-refractivity contribution < 1.29 is 14.3 Å². The molecule has 0 unspecified atom stereocenters. The normalized spacial score (nSPS) is 13.8. The predicted molar refractivity (Wildman–Crippen MR) is 126 cm³/mol. The summed E-state index contributed by atoms with van der Waals surface area (Å²) in [5, 5.41) is 8.65. The number of anilines is 1. The molecule has 174 valence electrons. The fraction of sp³-hybridized carbons (Fsp3) is 0.292. The molecule has 1 aliphatic rings. The zero-order chi connectivity index (χ0) is 23.5. The highest BCUT2D eigenvalue weighted by molar-refractivity contribution is 5.84. The van der Waals surface area contributed by atoms with Crippen LogP contribution in [0.25, 0.3) is 16.9 Å². The van der Waals surface area contributed by atoms with Gasteiger partial charge in [0.05, 0.1) is 12.8 Å². The van der Waals surface area contributed by atoms with E-state index in [9.17, 15) is 4.79 Å². The van der Waals surface area contributed by atoms with Crippen molar-refractivity contribution in [1.82, 2.24) is 29.9 Å². The lowest BCUT2D eigenvalue weighted by Gasteiger charge is -2.35. The molecule has 0 aliphatic carbocycles. The molecule has 0 bridgehead atoms. The van der Waals surface area contributed by atoms with Crippen LogP contribution in [0.2, 0.25) is 0 Å². The molecule has 3 heterocycles. The van der Waals surface area contributed by atoms with Crippen LogP contribution in [0, 0.1) is 6.92 Å². The molecule has 0 saturated carbocycles. The van der Waals surface area contributed by atoms with Crippen molar-refractivity contribution in [1.29, 1.82) is 0 Å². The van der Waals surface area contributed by atoms with Crippen molar-refractivity contribution in [3.05, 3.63) is 60.4 Å². The number of methoxy groups -OCH3 is 1. The number of nitrogens with zero attached hydrogens (tertiary/aromatic N) is 7. The van der Waals surface area contributed by atoms with Crippen LogP contribution >= 0.6 is 0 Å². The minimum absolute atomic E-state index is 0.0235. The van der Waals surface area contributed by atoms with Crippen LogP contribution in [0.5, 0.6) is 11.5 Å². The van der Waals surface area contributed by atoms with Crippen LogP contribution < -0.4 is 14.4 Å². The number of carbonyl (C=O) groups is 1. The highest BCUT2D eigenvalue weighted by Gasteiger charge is 2.25. The molecule has 0 N–H and O–H groups in total. The van der Waals surface area contributed by atoms with Crippen LogP contribution in [-0.2, 0) is 4.79 Å². The molecule has 4 aromatic rings. The second-order valence-corrected chi connectivity index (χ2v) is 8.04. The van der Waals surface area contributed by atoms with Gasteiger partial charge in [-0.2, -0.15) is 4.68 Å². The SMILES string of the molecule is COc1cccc(-n2nnc3c(N4CCN(C(=O)COc5ccc(C)cc5)CC4)ncnc32)c1. The fourth-order valence-electron chi connectivity index (χ4n) is 3.92. The number of benzene rings is 2. The first-order chi connectivity index (χ1) is 16.6. The van der Waals surface area contributed by atoms with E-state index in [4.69, 9.17) is 9.47 Å². The number of hydrogen-bond acceptors (Lipinski definition) is 8. The van der Waals surface area contributed by atoms with Gasteiger partial charge >= 0.3 is 0 Å². The minimum Gasteiger partial charge on any atom is -0.497 e. The first kappa shape index (κ1) is 21.6. The second kappa shape index (κ2) is 9.34. The lowest BCUT2D eigenvalue weighted by atomic mass is 10.2. The first-order valence-corrected chi connectivity index (χ1v) is 11.1.